The first-order valence-electron chi connectivity index (χ1n) is 10.8. The summed E-state index contributed by atoms with van der Waals surface area (Å²) in [5.74, 6) is 0.934. The molecule has 0 saturated heterocycles. The number of thioether (sulfide) groups is 1. The molecule has 32 heavy (non-hydrogen) atoms. The minimum atomic E-state index is -0.0250. The molecule has 0 spiro atoms. The third-order valence-corrected chi connectivity index (χ3v) is 6.31. The lowest BCUT2D eigenvalue weighted by atomic mass is 10.0. The van der Waals surface area contributed by atoms with E-state index in [1.54, 1.807) is 7.11 Å². The fourth-order valence-electron chi connectivity index (χ4n) is 3.47. The Hall–Kier alpha value is -2.35. The average molecular weight is 473 g/mol. The molecule has 1 unspecified atom stereocenters. The molecular weight excluding hydrogens is 444 g/mol. The number of aromatic nitrogens is 3. The summed E-state index contributed by atoms with van der Waals surface area (Å²) in [6.45, 7) is 3.42. The van der Waals surface area contributed by atoms with Crippen LogP contribution in [0.5, 0.6) is 0 Å². The highest BCUT2D eigenvalue weighted by Gasteiger charge is 2.19. The summed E-state index contributed by atoms with van der Waals surface area (Å²) >= 11 is 7.78. The molecule has 1 amide bonds. The largest absolute Gasteiger partial charge is 0.385 e. The maximum absolute atomic E-state index is 12.7. The van der Waals surface area contributed by atoms with E-state index in [4.69, 9.17) is 16.3 Å². The first-order valence-corrected chi connectivity index (χ1v) is 12.1. The van der Waals surface area contributed by atoms with Crippen molar-refractivity contribution in [3.05, 3.63) is 65.2 Å². The molecule has 3 rings (SSSR count). The van der Waals surface area contributed by atoms with E-state index in [1.807, 2.05) is 47.0 Å². The molecule has 0 aliphatic heterocycles. The van der Waals surface area contributed by atoms with Gasteiger partial charge in [-0.2, -0.15) is 0 Å². The molecule has 6 nitrogen and oxygen atoms in total. The molecule has 2 aromatic carbocycles. The van der Waals surface area contributed by atoms with Crippen molar-refractivity contribution in [2.75, 3.05) is 19.5 Å². The van der Waals surface area contributed by atoms with E-state index >= 15 is 0 Å². The Labute approximate surface area is 198 Å². The molecule has 0 fully saturated rings. The predicted octanol–water partition coefficient (Wildman–Crippen LogP) is 5.38. The zero-order valence-electron chi connectivity index (χ0n) is 18.5. The predicted molar refractivity (Wildman–Crippen MR) is 130 cm³/mol. The van der Waals surface area contributed by atoms with Crippen LogP contribution in [0.1, 0.15) is 37.8 Å². The number of nitrogens with zero attached hydrogens (tertiary/aromatic N) is 3. The molecule has 170 valence electrons. The van der Waals surface area contributed by atoms with Gasteiger partial charge in [-0.05, 0) is 30.5 Å². The van der Waals surface area contributed by atoms with E-state index in [9.17, 15) is 4.79 Å². The van der Waals surface area contributed by atoms with Crippen LogP contribution in [0.15, 0.2) is 59.8 Å². The van der Waals surface area contributed by atoms with E-state index in [0.29, 0.717) is 29.2 Å². The van der Waals surface area contributed by atoms with Gasteiger partial charge in [-0.1, -0.05) is 79.2 Å². The highest BCUT2D eigenvalue weighted by molar-refractivity contribution is 7.99. The molecular formula is C24H29ClN4O2S. The lowest BCUT2D eigenvalue weighted by Crippen LogP contribution is -2.30. The number of rotatable bonds is 12. The minimum Gasteiger partial charge on any atom is -0.385 e. The Bertz CT molecular complexity index is 997. The van der Waals surface area contributed by atoms with Gasteiger partial charge in [-0.15, -0.1) is 10.2 Å². The van der Waals surface area contributed by atoms with Crippen molar-refractivity contribution < 1.29 is 9.53 Å². The van der Waals surface area contributed by atoms with Crippen molar-refractivity contribution in [2.45, 2.75) is 43.9 Å². The Kier molecular flexibility index (Phi) is 9.59. The summed E-state index contributed by atoms with van der Waals surface area (Å²) in [6.07, 6.45) is 2.69. The van der Waals surface area contributed by atoms with Crippen LogP contribution in [0.4, 0.5) is 0 Å². The first kappa shape index (κ1) is 24.3. The van der Waals surface area contributed by atoms with Gasteiger partial charge >= 0.3 is 0 Å². The third-order valence-electron chi connectivity index (χ3n) is 5.01. The number of methoxy groups -OCH3 is 1. The molecule has 0 aliphatic rings. The van der Waals surface area contributed by atoms with Crippen LogP contribution in [0.3, 0.4) is 0 Å². The Morgan fingerprint density at radius 2 is 1.91 bits per heavy atom. The van der Waals surface area contributed by atoms with Gasteiger partial charge in [0.15, 0.2) is 11.0 Å². The summed E-state index contributed by atoms with van der Waals surface area (Å²) in [6, 6.07) is 17.7. The fourth-order valence-corrected chi connectivity index (χ4v) is 4.46. The molecule has 3 aromatic rings. The summed E-state index contributed by atoms with van der Waals surface area (Å²) in [4.78, 5) is 12.7. The fraction of sp³-hybridized carbons (Fsp3) is 0.375. The van der Waals surface area contributed by atoms with Gasteiger partial charge in [0.25, 0.3) is 0 Å². The van der Waals surface area contributed by atoms with E-state index in [2.05, 4.69) is 34.6 Å². The van der Waals surface area contributed by atoms with Crippen molar-refractivity contribution in [1.29, 1.82) is 0 Å². The van der Waals surface area contributed by atoms with Gasteiger partial charge in [0.2, 0.25) is 5.91 Å². The molecule has 0 radical (unpaired) electrons. The number of hydrogen-bond donors (Lipinski definition) is 1. The molecule has 1 atom stereocenters. The second-order valence-corrected chi connectivity index (χ2v) is 8.74. The van der Waals surface area contributed by atoms with Crippen LogP contribution >= 0.6 is 23.4 Å². The zero-order chi connectivity index (χ0) is 22.8. The third kappa shape index (κ3) is 6.58. The molecule has 0 aliphatic carbocycles. The van der Waals surface area contributed by atoms with Crippen molar-refractivity contribution in [3.63, 3.8) is 0 Å². The molecule has 1 N–H and O–H groups in total. The number of benzene rings is 2. The minimum absolute atomic E-state index is 0.00700. The topological polar surface area (TPSA) is 69.0 Å². The molecule has 0 saturated carbocycles. The number of hydrogen-bond acceptors (Lipinski definition) is 5. The Balaban J connectivity index is 1.72. The van der Waals surface area contributed by atoms with Crippen molar-refractivity contribution in [3.8, 4) is 11.4 Å². The normalized spacial score (nSPS) is 12.0. The monoisotopic (exact) mass is 472 g/mol. The van der Waals surface area contributed by atoms with Gasteiger partial charge in [-0.3, -0.25) is 4.79 Å². The summed E-state index contributed by atoms with van der Waals surface area (Å²) in [5, 5.41) is 13.2. The van der Waals surface area contributed by atoms with Crippen molar-refractivity contribution in [1.82, 2.24) is 20.1 Å². The number of halogens is 1. The standard InChI is InChI=1S/C24H29ClN4O2S/c1-3-10-21(18-11-5-4-6-12-18)26-22(30)17-32-24-28-27-23(29(24)15-9-16-31-2)19-13-7-8-14-20(19)25/h4-8,11-14,21H,3,9-10,15-17H2,1-2H3,(H,26,30). The highest BCUT2D eigenvalue weighted by Crippen LogP contribution is 2.29. The van der Waals surface area contributed by atoms with Gasteiger partial charge in [0.05, 0.1) is 16.8 Å². The number of amides is 1. The van der Waals surface area contributed by atoms with Gasteiger partial charge in [-0.25, -0.2) is 0 Å². The lowest BCUT2D eigenvalue weighted by molar-refractivity contribution is -0.119. The van der Waals surface area contributed by atoms with Crippen LogP contribution < -0.4 is 5.32 Å². The summed E-state index contributed by atoms with van der Waals surface area (Å²) < 4.78 is 7.22. The van der Waals surface area contributed by atoms with Gasteiger partial charge < -0.3 is 14.6 Å². The number of ether oxygens (including phenoxy) is 1. The number of carbonyl (C=O) groups is 1. The van der Waals surface area contributed by atoms with Crippen LogP contribution in [-0.2, 0) is 16.1 Å². The zero-order valence-corrected chi connectivity index (χ0v) is 20.0. The Morgan fingerprint density at radius 1 is 1.16 bits per heavy atom. The van der Waals surface area contributed by atoms with Crippen molar-refractivity contribution in [2.24, 2.45) is 0 Å². The van der Waals surface area contributed by atoms with Crippen LogP contribution in [0, 0.1) is 0 Å². The number of carbonyl (C=O) groups excluding carboxylic acids is 1. The second kappa shape index (κ2) is 12.6. The number of nitrogens with one attached hydrogen (secondary N) is 1. The van der Waals surface area contributed by atoms with Crippen LogP contribution in [-0.4, -0.2) is 40.1 Å². The van der Waals surface area contributed by atoms with Gasteiger partial charge in [0, 0.05) is 25.8 Å². The van der Waals surface area contributed by atoms with Crippen LogP contribution in [0.25, 0.3) is 11.4 Å². The van der Waals surface area contributed by atoms with E-state index in [-0.39, 0.29) is 17.7 Å². The quantitative estimate of drug-likeness (QED) is 0.283. The second-order valence-electron chi connectivity index (χ2n) is 7.39. The summed E-state index contributed by atoms with van der Waals surface area (Å²) in [5.41, 5.74) is 1.94. The highest BCUT2D eigenvalue weighted by atomic mass is 35.5. The molecule has 0 bridgehead atoms. The maximum Gasteiger partial charge on any atom is 0.230 e. The molecule has 8 heteroatoms. The lowest BCUT2D eigenvalue weighted by Gasteiger charge is -2.18. The Morgan fingerprint density at radius 3 is 2.62 bits per heavy atom. The smallest absolute Gasteiger partial charge is 0.230 e. The first-order chi connectivity index (χ1) is 15.6. The van der Waals surface area contributed by atoms with Crippen molar-refractivity contribution >= 4 is 29.3 Å². The van der Waals surface area contributed by atoms with Crippen LogP contribution in [0.2, 0.25) is 5.02 Å². The summed E-state index contributed by atoms with van der Waals surface area (Å²) in [7, 11) is 1.68. The van der Waals surface area contributed by atoms with E-state index in [1.165, 1.54) is 11.8 Å². The average Bonchev–Trinajstić information content (AvgIpc) is 3.21. The van der Waals surface area contributed by atoms with E-state index in [0.717, 1.165) is 30.4 Å². The SMILES string of the molecule is CCCC(NC(=O)CSc1nnc(-c2ccccc2Cl)n1CCCOC)c1ccccc1. The molecule has 1 aromatic heterocycles. The van der Waals surface area contributed by atoms with Gasteiger partial charge in [0.1, 0.15) is 0 Å². The molecule has 1 heterocycles. The van der Waals surface area contributed by atoms with E-state index < -0.39 is 0 Å². The maximum atomic E-state index is 12.7.